The maximum absolute atomic E-state index is 12.0. The van der Waals surface area contributed by atoms with Crippen LogP contribution in [0.4, 0.5) is 0 Å². The molecule has 1 saturated heterocycles. The summed E-state index contributed by atoms with van der Waals surface area (Å²) in [7, 11) is 1.70. The van der Waals surface area contributed by atoms with Gasteiger partial charge in [-0.3, -0.25) is 0 Å². The van der Waals surface area contributed by atoms with Crippen LogP contribution in [0.2, 0.25) is 5.02 Å². The summed E-state index contributed by atoms with van der Waals surface area (Å²) in [5.74, 6) is 0. The molecule has 152 valence electrons. The van der Waals surface area contributed by atoms with Crippen LogP contribution >= 0.6 is 11.6 Å². The summed E-state index contributed by atoms with van der Waals surface area (Å²) in [5, 5.41) is 16.0. The van der Waals surface area contributed by atoms with Crippen LogP contribution in [0.15, 0.2) is 42.5 Å². The summed E-state index contributed by atoms with van der Waals surface area (Å²) in [6.07, 6.45) is 1.98. The summed E-state index contributed by atoms with van der Waals surface area (Å²) in [6.45, 7) is 4.74. The lowest BCUT2D eigenvalue weighted by Crippen LogP contribution is -2.51. The number of ether oxygens (including phenoxy) is 2. The van der Waals surface area contributed by atoms with Crippen molar-refractivity contribution in [3.8, 4) is 11.1 Å². The van der Waals surface area contributed by atoms with E-state index in [-0.39, 0.29) is 6.10 Å². The zero-order valence-corrected chi connectivity index (χ0v) is 17.5. The number of halogens is 1. The third-order valence-electron chi connectivity index (χ3n) is 5.40. The number of benzene rings is 2. The minimum Gasteiger partial charge on any atom is -0.385 e. The number of rotatable bonds is 8. The molecule has 0 amide bonds. The fraction of sp³-hybridized carbons (Fsp3) is 0.478. The molecule has 0 aliphatic carbocycles. The molecular weight excluding hydrogens is 374 g/mol. The molecule has 5 heteroatoms. The highest BCUT2D eigenvalue weighted by Crippen LogP contribution is 2.42. The van der Waals surface area contributed by atoms with Crippen molar-refractivity contribution in [1.29, 1.82) is 0 Å². The van der Waals surface area contributed by atoms with Crippen molar-refractivity contribution >= 4 is 11.6 Å². The van der Waals surface area contributed by atoms with E-state index >= 15 is 0 Å². The molecule has 3 rings (SSSR count). The first-order valence-electron chi connectivity index (χ1n) is 9.96. The van der Waals surface area contributed by atoms with Crippen molar-refractivity contribution < 1.29 is 14.6 Å². The van der Waals surface area contributed by atoms with Crippen molar-refractivity contribution in [3.63, 3.8) is 0 Å². The van der Waals surface area contributed by atoms with Gasteiger partial charge in [-0.2, -0.15) is 0 Å². The van der Waals surface area contributed by atoms with E-state index in [4.69, 9.17) is 21.1 Å². The standard InChI is InChI=1S/C23H30ClNO3/c1-17-7-5-8-18(15-17)22-19(9-6-10-20(22)24)23(26,11-3-4-13-27-2)21-16-25-12-14-28-21/h5-10,15,21,25-26H,3-4,11-14,16H2,1-2H3. The topological polar surface area (TPSA) is 50.7 Å². The number of unbranched alkanes of at least 4 members (excludes halogenated alkanes) is 1. The fourth-order valence-corrected chi connectivity index (χ4v) is 4.24. The van der Waals surface area contributed by atoms with E-state index < -0.39 is 5.60 Å². The van der Waals surface area contributed by atoms with Crippen LogP contribution in [-0.2, 0) is 15.1 Å². The van der Waals surface area contributed by atoms with E-state index in [1.54, 1.807) is 7.11 Å². The molecule has 2 aromatic carbocycles. The number of aliphatic hydroxyl groups is 1. The lowest BCUT2D eigenvalue weighted by atomic mass is 9.79. The molecule has 0 saturated carbocycles. The highest BCUT2D eigenvalue weighted by molar-refractivity contribution is 6.33. The Kier molecular flexibility index (Phi) is 7.49. The van der Waals surface area contributed by atoms with E-state index in [1.165, 1.54) is 0 Å². The molecule has 2 atom stereocenters. The average Bonchev–Trinajstić information content (AvgIpc) is 2.71. The Labute approximate surface area is 172 Å². The molecule has 2 unspecified atom stereocenters. The van der Waals surface area contributed by atoms with Crippen molar-refractivity contribution in [2.75, 3.05) is 33.4 Å². The van der Waals surface area contributed by atoms with Crippen LogP contribution in [0.25, 0.3) is 11.1 Å². The van der Waals surface area contributed by atoms with E-state index in [0.29, 0.717) is 31.2 Å². The van der Waals surface area contributed by atoms with E-state index in [9.17, 15) is 5.11 Å². The van der Waals surface area contributed by atoms with Gasteiger partial charge in [-0.25, -0.2) is 0 Å². The maximum Gasteiger partial charge on any atom is 0.118 e. The van der Waals surface area contributed by atoms with Crippen molar-refractivity contribution in [2.24, 2.45) is 0 Å². The normalized spacial score (nSPS) is 19.4. The summed E-state index contributed by atoms with van der Waals surface area (Å²) >= 11 is 6.66. The number of aryl methyl sites for hydroxylation is 1. The van der Waals surface area contributed by atoms with E-state index in [0.717, 1.165) is 41.6 Å². The van der Waals surface area contributed by atoms with Crippen LogP contribution in [0, 0.1) is 6.92 Å². The van der Waals surface area contributed by atoms with Crippen LogP contribution in [0.3, 0.4) is 0 Å². The Hall–Kier alpha value is -1.43. The minimum atomic E-state index is -1.13. The van der Waals surface area contributed by atoms with Crippen LogP contribution in [-0.4, -0.2) is 44.6 Å². The van der Waals surface area contributed by atoms with Crippen LogP contribution < -0.4 is 5.32 Å². The summed E-state index contributed by atoms with van der Waals surface area (Å²) in [5.41, 5.74) is 2.75. The third kappa shape index (κ3) is 4.76. The number of morpholine rings is 1. The van der Waals surface area contributed by atoms with Gasteiger partial charge in [0.05, 0.1) is 6.61 Å². The molecule has 1 aliphatic heterocycles. The van der Waals surface area contributed by atoms with Crippen molar-refractivity contribution in [1.82, 2.24) is 5.32 Å². The predicted octanol–water partition coefficient (Wildman–Crippen LogP) is 4.31. The molecular formula is C23H30ClNO3. The molecule has 0 bridgehead atoms. The van der Waals surface area contributed by atoms with E-state index in [1.807, 2.05) is 30.3 Å². The molecule has 0 spiro atoms. The van der Waals surface area contributed by atoms with Gasteiger partial charge in [-0.1, -0.05) is 53.6 Å². The Morgan fingerprint density at radius 3 is 2.79 bits per heavy atom. The summed E-state index contributed by atoms with van der Waals surface area (Å²) in [6, 6.07) is 14.0. The zero-order chi connectivity index (χ0) is 20.0. The summed E-state index contributed by atoms with van der Waals surface area (Å²) in [4.78, 5) is 0. The molecule has 0 aromatic heterocycles. The first kappa shape index (κ1) is 21.3. The molecule has 2 aromatic rings. The Morgan fingerprint density at radius 1 is 1.25 bits per heavy atom. The highest BCUT2D eigenvalue weighted by atomic mass is 35.5. The second-order valence-corrected chi connectivity index (χ2v) is 7.88. The second kappa shape index (κ2) is 9.86. The molecule has 4 nitrogen and oxygen atoms in total. The largest absolute Gasteiger partial charge is 0.385 e. The number of hydrogen-bond acceptors (Lipinski definition) is 4. The number of hydrogen-bond donors (Lipinski definition) is 2. The average molecular weight is 404 g/mol. The Bertz CT molecular complexity index is 776. The van der Waals surface area contributed by atoms with Crippen molar-refractivity contribution in [2.45, 2.75) is 37.9 Å². The van der Waals surface area contributed by atoms with Gasteiger partial charge in [-0.05, 0) is 43.4 Å². The Morgan fingerprint density at radius 2 is 2.07 bits per heavy atom. The Balaban J connectivity index is 2.05. The van der Waals surface area contributed by atoms with Crippen LogP contribution in [0.1, 0.15) is 30.4 Å². The lowest BCUT2D eigenvalue weighted by Gasteiger charge is -2.40. The monoisotopic (exact) mass is 403 g/mol. The second-order valence-electron chi connectivity index (χ2n) is 7.47. The van der Waals surface area contributed by atoms with Gasteiger partial charge in [0.15, 0.2) is 0 Å². The highest BCUT2D eigenvalue weighted by Gasteiger charge is 2.41. The van der Waals surface area contributed by atoms with Gasteiger partial charge in [-0.15, -0.1) is 0 Å². The van der Waals surface area contributed by atoms with Gasteiger partial charge >= 0.3 is 0 Å². The molecule has 28 heavy (non-hydrogen) atoms. The van der Waals surface area contributed by atoms with Gasteiger partial charge in [0.1, 0.15) is 11.7 Å². The maximum atomic E-state index is 12.0. The lowest BCUT2D eigenvalue weighted by molar-refractivity contribution is -0.129. The first-order chi connectivity index (χ1) is 13.6. The van der Waals surface area contributed by atoms with E-state index in [2.05, 4.69) is 24.4 Å². The molecule has 0 radical (unpaired) electrons. The van der Waals surface area contributed by atoms with Gasteiger partial charge in [0, 0.05) is 37.4 Å². The smallest absolute Gasteiger partial charge is 0.118 e. The molecule has 2 N–H and O–H groups in total. The first-order valence-corrected chi connectivity index (χ1v) is 10.3. The third-order valence-corrected chi connectivity index (χ3v) is 5.72. The van der Waals surface area contributed by atoms with Gasteiger partial charge < -0.3 is 19.9 Å². The SMILES string of the molecule is COCCCCC(O)(c1cccc(Cl)c1-c1cccc(C)c1)C1CNCCO1. The molecule has 1 heterocycles. The quantitative estimate of drug-likeness (QED) is 0.645. The minimum absolute atomic E-state index is 0.328. The van der Waals surface area contributed by atoms with Gasteiger partial charge in [0.25, 0.3) is 0 Å². The zero-order valence-electron chi connectivity index (χ0n) is 16.7. The summed E-state index contributed by atoms with van der Waals surface area (Å²) < 4.78 is 11.2. The van der Waals surface area contributed by atoms with Gasteiger partial charge in [0.2, 0.25) is 0 Å². The molecule has 1 aliphatic rings. The number of nitrogens with one attached hydrogen (secondary N) is 1. The number of methoxy groups -OCH3 is 1. The van der Waals surface area contributed by atoms with Crippen molar-refractivity contribution in [3.05, 3.63) is 58.6 Å². The fourth-order valence-electron chi connectivity index (χ4n) is 3.96. The molecule has 1 fully saturated rings. The van der Waals surface area contributed by atoms with Crippen LogP contribution in [0.5, 0.6) is 0 Å². The predicted molar refractivity (Wildman–Crippen MR) is 114 cm³/mol.